The van der Waals surface area contributed by atoms with Crippen molar-refractivity contribution < 1.29 is 9.59 Å². The van der Waals surface area contributed by atoms with Crippen molar-refractivity contribution >= 4 is 17.3 Å². The second-order valence-corrected chi connectivity index (χ2v) is 4.74. The van der Waals surface area contributed by atoms with Crippen LogP contribution < -0.4 is 4.90 Å². The summed E-state index contributed by atoms with van der Waals surface area (Å²) in [6, 6.07) is 5.34. The predicted molar refractivity (Wildman–Crippen MR) is 71.2 cm³/mol. The Hall–Kier alpha value is -2.10. The van der Waals surface area contributed by atoms with Crippen molar-refractivity contribution in [3.8, 4) is 0 Å². The molecule has 0 heterocycles. The Labute approximate surface area is 106 Å². The Balaban J connectivity index is 2.55. The fourth-order valence-electron chi connectivity index (χ4n) is 1.95. The number of carbonyl (C=O) groups is 2. The first-order chi connectivity index (χ1) is 8.41. The normalized spacial score (nSPS) is 14.1. The Bertz CT molecular complexity index is 557. The number of allylic oxidation sites excluding steroid dienone is 2. The molecule has 2 rings (SSSR count). The molecule has 0 spiro atoms. The van der Waals surface area contributed by atoms with Crippen molar-refractivity contribution in [1.29, 1.82) is 0 Å². The van der Waals surface area contributed by atoms with E-state index in [9.17, 15) is 9.59 Å². The predicted octanol–water partition coefficient (Wildman–Crippen LogP) is 1.58. The van der Waals surface area contributed by atoms with Gasteiger partial charge in [-0.3, -0.25) is 9.59 Å². The number of fused-ring (bicyclic) bond motifs is 1. The van der Waals surface area contributed by atoms with E-state index < -0.39 is 0 Å². The Morgan fingerprint density at radius 3 is 2.11 bits per heavy atom. The van der Waals surface area contributed by atoms with Crippen LogP contribution in [0, 0.1) is 0 Å². The summed E-state index contributed by atoms with van der Waals surface area (Å²) in [5, 5.41) is 0. The SMILES string of the molecule is CN(C)C1=CC(=O)c2cc(N(C)C)ccc2C1=O. The summed E-state index contributed by atoms with van der Waals surface area (Å²) < 4.78 is 0. The van der Waals surface area contributed by atoms with E-state index in [1.165, 1.54) is 6.08 Å². The molecule has 0 unspecified atom stereocenters. The van der Waals surface area contributed by atoms with Gasteiger partial charge in [-0.25, -0.2) is 0 Å². The van der Waals surface area contributed by atoms with Crippen LogP contribution in [0.2, 0.25) is 0 Å². The average Bonchev–Trinajstić information content (AvgIpc) is 2.32. The molecule has 94 valence electrons. The van der Waals surface area contributed by atoms with E-state index in [0.717, 1.165) is 5.69 Å². The number of rotatable bonds is 2. The van der Waals surface area contributed by atoms with E-state index in [1.54, 1.807) is 31.1 Å². The molecular formula is C14H16N2O2. The molecular weight excluding hydrogens is 228 g/mol. The van der Waals surface area contributed by atoms with Gasteiger partial charge < -0.3 is 9.80 Å². The smallest absolute Gasteiger partial charge is 0.209 e. The van der Waals surface area contributed by atoms with Crippen LogP contribution in [0.1, 0.15) is 20.7 Å². The Kier molecular flexibility index (Phi) is 2.95. The summed E-state index contributed by atoms with van der Waals surface area (Å²) in [5.41, 5.74) is 2.32. The molecule has 0 fully saturated rings. The van der Waals surface area contributed by atoms with Crippen LogP contribution in [0.3, 0.4) is 0 Å². The van der Waals surface area contributed by atoms with Gasteiger partial charge >= 0.3 is 0 Å². The molecule has 18 heavy (non-hydrogen) atoms. The Morgan fingerprint density at radius 2 is 1.56 bits per heavy atom. The zero-order valence-electron chi connectivity index (χ0n) is 11.0. The van der Waals surface area contributed by atoms with Crippen LogP contribution in [-0.2, 0) is 0 Å². The van der Waals surface area contributed by atoms with Gasteiger partial charge in [0.25, 0.3) is 0 Å². The Morgan fingerprint density at radius 1 is 0.889 bits per heavy atom. The largest absolute Gasteiger partial charge is 0.378 e. The van der Waals surface area contributed by atoms with Crippen LogP contribution in [0.25, 0.3) is 0 Å². The van der Waals surface area contributed by atoms with Crippen LogP contribution in [0.4, 0.5) is 5.69 Å². The number of carbonyl (C=O) groups excluding carboxylic acids is 2. The van der Waals surface area contributed by atoms with E-state index in [0.29, 0.717) is 16.8 Å². The number of ketones is 2. The highest BCUT2D eigenvalue weighted by atomic mass is 16.1. The highest BCUT2D eigenvalue weighted by Crippen LogP contribution is 2.26. The molecule has 0 atom stereocenters. The molecule has 0 radical (unpaired) electrons. The van der Waals surface area contributed by atoms with Gasteiger partial charge in [0.1, 0.15) is 0 Å². The minimum Gasteiger partial charge on any atom is -0.378 e. The van der Waals surface area contributed by atoms with Gasteiger partial charge in [0, 0.05) is 51.1 Å². The maximum atomic E-state index is 12.2. The zero-order chi connectivity index (χ0) is 13.4. The molecule has 1 aromatic rings. The van der Waals surface area contributed by atoms with E-state index in [-0.39, 0.29) is 11.6 Å². The third-order valence-corrected chi connectivity index (χ3v) is 3.01. The molecule has 1 aliphatic rings. The molecule has 0 aliphatic heterocycles. The van der Waals surface area contributed by atoms with Crippen molar-refractivity contribution in [2.45, 2.75) is 0 Å². The molecule has 4 heteroatoms. The summed E-state index contributed by atoms with van der Waals surface area (Å²) in [4.78, 5) is 27.8. The lowest BCUT2D eigenvalue weighted by Crippen LogP contribution is -2.26. The maximum absolute atomic E-state index is 12.2. The first kappa shape index (κ1) is 12.4. The van der Waals surface area contributed by atoms with E-state index in [2.05, 4.69) is 0 Å². The van der Waals surface area contributed by atoms with Crippen molar-refractivity contribution in [3.05, 3.63) is 41.1 Å². The second-order valence-electron chi connectivity index (χ2n) is 4.74. The summed E-state index contributed by atoms with van der Waals surface area (Å²) >= 11 is 0. The molecule has 1 aromatic carbocycles. The number of Topliss-reactive ketones (excluding diaryl/α,β-unsaturated/α-hetero) is 1. The lowest BCUT2D eigenvalue weighted by Gasteiger charge is -2.22. The highest BCUT2D eigenvalue weighted by molar-refractivity contribution is 6.24. The van der Waals surface area contributed by atoms with Crippen LogP contribution in [-0.4, -0.2) is 44.7 Å². The van der Waals surface area contributed by atoms with Gasteiger partial charge in [-0.1, -0.05) is 0 Å². The summed E-state index contributed by atoms with van der Waals surface area (Å²) in [7, 11) is 7.32. The average molecular weight is 244 g/mol. The third-order valence-electron chi connectivity index (χ3n) is 3.01. The molecule has 0 N–H and O–H groups in total. The van der Waals surface area contributed by atoms with Gasteiger partial charge in [-0.05, 0) is 18.2 Å². The molecule has 1 aliphatic carbocycles. The lowest BCUT2D eigenvalue weighted by atomic mass is 9.91. The third kappa shape index (κ3) is 1.90. The number of anilines is 1. The van der Waals surface area contributed by atoms with E-state index in [1.807, 2.05) is 25.1 Å². The van der Waals surface area contributed by atoms with Crippen LogP contribution >= 0.6 is 0 Å². The van der Waals surface area contributed by atoms with Gasteiger partial charge in [-0.2, -0.15) is 0 Å². The molecule has 0 saturated heterocycles. The first-order valence-corrected chi connectivity index (χ1v) is 5.71. The van der Waals surface area contributed by atoms with Gasteiger partial charge in [-0.15, -0.1) is 0 Å². The monoisotopic (exact) mass is 244 g/mol. The lowest BCUT2D eigenvalue weighted by molar-refractivity contribution is 0.0962. The number of nitrogens with zero attached hydrogens (tertiary/aromatic N) is 2. The number of benzene rings is 1. The van der Waals surface area contributed by atoms with E-state index >= 15 is 0 Å². The highest BCUT2D eigenvalue weighted by Gasteiger charge is 2.26. The molecule has 0 amide bonds. The summed E-state index contributed by atoms with van der Waals surface area (Å²) in [6.45, 7) is 0. The molecule has 0 aromatic heterocycles. The topological polar surface area (TPSA) is 40.6 Å². The maximum Gasteiger partial charge on any atom is 0.209 e. The second kappa shape index (κ2) is 4.29. The minimum absolute atomic E-state index is 0.0973. The van der Waals surface area contributed by atoms with Gasteiger partial charge in [0.05, 0.1) is 5.70 Å². The van der Waals surface area contributed by atoms with E-state index in [4.69, 9.17) is 0 Å². The standard InChI is InChI=1S/C14H16N2O2/c1-15(2)9-5-6-10-11(7-9)13(17)8-12(14(10)18)16(3)4/h5-8H,1-4H3. The fourth-order valence-corrected chi connectivity index (χ4v) is 1.95. The number of hydrogen-bond acceptors (Lipinski definition) is 4. The van der Waals surface area contributed by atoms with Crippen LogP contribution in [0.15, 0.2) is 30.0 Å². The first-order valence-electron chi connectivity index (χ1n) is 5.71. The number of likely N-dealkylation sites (N-methyl/N-ethyl adjacent to an activating group) is 1. The number of hydrogen-bond donors (Lipinski definition) is 0. The quantitative estimate of drug-likeness (QED) is 0.792. The zero-order valence-corrected chi connectivity index (χ0v) is 11.0. The molecule has 0 saturated carbocycles. The van der Waals surface area contributed by atoms with Gasteiger partial charge in [0.2, 0.25) is 5.78 Å². The molecule has 4 nitrogen and oxygen atoms in total. The van der Waals surface area contributed by atoms with Gasteiger partial charge in [0.15, 0.2) is 5.78 Å². The van der Waals surface area contributed by atoms with Crippen molar-refractivity contribution in [2.24, 2.45) is 0 Å². The van der Waals surface area contributed by atoms with Crippen molar-refractivity contribution in [3.63, 3.8) is 0 Å². The van der Waals surface area contributed by atoms with Crippen molar-refractivity contribution in [2.75, 3.05) is 33.1 Å². The minimum atomic E-state index is -0.114. The van der Waals surface area contributed by atoms with Crippen LogP contribution in [0.5, 0.6) is 0 Å². The molecule has 0 bridgehead atoms. The van der Waals surface area contributed by atoms with Crippen molar-refractivity contribution in [1.82, 2.24) is 4.90 Å². The fraction of sp³-hybridized carbons (Fsp3) is 0.286. The summed E-state index contributed by atoms with van der Waals surface area (Å²) in [6.07, 6.45) is 1.41. The summed E-state index contributed by atoms with van der Waals surface area (Å²) in [5.74, 6) is -0.211.